The number of hydrogen-bond acceptors (Lipinski definition) is 0. The minimum absolute atomic E-state index is 0.993. The normalized spacial score (nSPS) is 42.8. The smallest absolute Gasteiger partial charge is 0.127 e. The fourth-order valence-corrected chi connectivity index (χ4v) is 3.49. The lowest BCUT2D eigenvalue weighted by molar-refractivity contribution is -1.02. The summed E-state index contributed by atoms with van der Waals surface area (Å²) < 4.78 is 0. The van der Waals surface area contributed by atoms with E-state index in [1.165, 1.54) is 58.4 Å². The van der Waals surface area contributed by atoms with E-state index < -0.39 is 0 Å². The molecule has 1 heterocycles. The summed E-state index contributed by atoms with van der Waals surface area (Å²) in [6.07, 6.45) is 5.97. The molecule has 2 aliphatic rings. The van der Waals surface area contributed by atoms with Crippen molar-refractivity contribution in [1.29, 1.82) is 0 Å². The Bertz CT molecular complexity index is 185. The van der Waals surface area contributed by atoms with Crippen molar-refractivity contribution in [2.75, 3.05) is 32.7 Å². The van der Waals surface area contributed by atoms with Gasteiger partial charge in [-0.05, 0) is 25.7 Å². The highest BCUT2D eigenvalue weighted by atomic mass is 15.3. The highest BCUT2D eigenvalue weighted by molar-refractivity contribution is 4.69. The number of quaternary nitrogens is 2. The maximum atomic E-state index is 2.44. The minimum Gasteiger partial charge on any atom is -0.326 e. The molecule has 2 rings (SSSR count). The first kappa shape index (κ1) is 11.4. The first-order chi connectivity index (χ1) is 7.29. The van der Waals surface area contributed by atoms with Crippen LogP contribution in [0.1, 0.15) is 39.5 Å². The van der Waals surface area contributed by atoms with Crippen LogP contribution in [0.3, 0.4) is 0 Å². The standard InChI is InChI=1S/C13H26N2/c1-3-14-7-9-15(10-8-14)13-6-4-5-12(2)11-13/h12-13H,3-11H2,1-2H3/p+2/t12-,13-/m0/s1. The summed E-state index contributed by atoms with van der Waals surface area (Å²) in [5, 5.41) is 0. The highest BCUT2D eigenvalue weighted by Crippen LogP contribution is 2.21. The maximum absolute atomic E-state index is 2.44. The van der Waals surface area contributed by atoms with Crippen molar-refractivity contribution >= 4 is 0 Å². The summed E-state index contributed by atoms with van der Waals surface area (Å²) in [4.78, 5) is 3.75. The summed E-state index contributed by atoms with van der Waals surface area (Å²) in [5.74, 6) is 0.993. The van der Waals surface area contributed by atoms with E-state index in [0.29, 0.717) is 0 Å². The van der Waals surface area contributed by atoms with E-state index in [1.54, 1.807) is 0 Å². The van der Waals surface area contributed by atoms with E-state index >= 15 is 0 Å². The van der Waals surface area contributed by atoms with Gasteiger partial charge in [-0.25, -0.2) is 0 Å². The molecule has 2 heteroatoms. The average molecular weight is 212 g/mol. The molecular formula is C13H28N2+2. The lowest BCUT2D eigenvalue weighted by atomic mass is 9.86. The van der Waals surface area contributed by atoms with Crippen molar-refractivity contribution in [3.63, 3.8) is 0 Å². The summed E-state index contributed by atoms with van der Waals surface area (Å²) in [6, 6.07) is 1.01. The molecule has 0 bridgehead atoms. The Labute approximate surface area is 94.6 Å². The van der Waals surface area contributed by atoms with Crippen molar-refractivity contribution < 1.29 is 9.80 Å². The molecule has 2 atom stereocenters. The molecule has 0 aromatic rings. The van der Waals surface area contributed by atoms with Gasteiger partial charge in [0, 0.05) is 6.42 Å². The van der Waals surface area contributed by atoms with Crippen LogP contribution in [-0.2, 0) is 0 Å². The molecule has 2 N–H and O–H groups in total. The topological polar surface area (TPSA) is 8.88 Å². The number of likely N-dealkylation sites (N-methyl/N-ethyl adjacent to an activating group) is 1. The van der Waals surface area contributed by atoms with Crippen LogP contribution in [0.15, 0.2) is 0 Å². The van der Waals surface area contributed by atoms with Crippen LogP contribution in [-0.4, -0.2) is 38.8 Å². The van der Waals surface area contributed by atoms with Crippen LogP contribution in [0.2, 0.25) is 0 Å². The summed E-state index contributed by atoms with van der Waals surface area (Å²) >= 11 is 0. The van der Waals surface area contributed by atoms with Gasteiger partial charge in [0.1, 0.15) is 26.2 Å². The van der Waals surface area contributed by atoms with Gasteiger partial charge in [0.15, 0.2) is 0 Å². The zero-order valence-electron chi connectivity index (χ0n) is 10.5. The largest absolute Gasteiger partial charge is 0.326 e. The molecule has 0 radical (unpaired) electrons. The monoisotopic (exact) mass is 212 g/mol. The molecule has 15 heavy (non-hydrogen) atoms. The highest BCUT2D eigenvalue weighted by Gasteiger charge is 2.31. The van der Waals surface area contributed by atoms with Gasteiger partial charge < -0.3 is 9.80 Å². The van der Waals surface area contributed by atoms with Gasteiger partial charge in [0.25, 0.3) is 0 Å². The molecule has 1 saturated heterocycles. The van der Waals surface area contributed by atoms with Crippen LogP contribution >= 0.6 is 0 Å². The molecular weight excluding hydrogens is 184 g/mol. The molecule has 0 aromatic heterocycles. The second-order valence-electron chi connectivity index (χ2n) is 5.73. The van der Waals surface area contributed by atoms with Crippen LogP contribution in [0, 0.1) is 5.92 Å². The lowest BCUT2D eigenvalue weighted by Gasteiger charge is -2.37. The van der Waals surface area contributed by atoms with Crippen molar-refractivity contribution in [2.45, 2.75) is 45.6 Å². The fourth-order valence-electron chi connectivity index (χ4n) is 3.49. The van der Waals surface area contributed by atoms with Crippen LogP contribution in [0.5, 0.6) is 0 Å². The molecule has 1 saturated carbocycles. The van der Waals surface area contributed by atoms with Crippen molar-refractivity contribution in [2.24, 2.45) is 5.92 Å². The maximum Gasteiger partial charge on any atom is 0.127 e. The Morgan fingerprint density at radius 1 is 1.07 bits per heavy atom. The van der Waals surface area contributed by atoms with Gasteiger partial charge in [0.05, 0.1) is 12.6 Å². The first-order valence-corrected chi connectivity index (χ1v) is 6.97. The number of rotatable bonds is 2. The third kappa shape index (κ3) is 2.94. The summed E-state index contributed by atoms with van der Waals surface area (Å²) in [7, 11) is 0. The molecule has 2 nitrogen and oxygen atoms in total. The van der Waals surface area contributed by atoms with E-state index in [2.05, 4.69) is 13.8 Å². The van der Waals surface area contributed by atoms with Crippen LogP contribution in [0.4, 0.5) is 0 Å². The van der Waals surface area contributed by atoms with E-state index in [9.17, 15) is 0 Å². The Morgan fingerprint density at radius 3 is 2.40 bits per heavy atom. The van der Waals surface area contributed by atoms with Gasteiger partial charge in [-0.15, -0.1) is 0 Å². The van der Waals surface area contributed by atoms with Gasteiger partial charge in [-0.2, -0.15) is 0 Å². The molecule has 2 fully saturated rings. The van der Waals surface area contributed by atoms with Gasteiger partial charge in [0.2, 0.25) is 0 Å². The molecule has 88 valence electrons. The van der Waals surface area contributed by atoms with E-state index in [1.807, 2.05) is 9.80 Å². The second-order valence-corrected chi connectivity index (χ2v) is 5.73. The predicted molar refractivity (Wildman–Crippen MR) is 63.4 cm³/mol. The van der Waals surface area contributed by atoms with E-state index in [0.717, 1.165) is 12.0 Å². The lowest BCUT2D eigenvalue weighted by Crippen LogP contribution is -3.29. The molecule has 0 unspecified atom stereocenters. The van der Waals surface area contributed by atoms with E-state index in [-0.39, 0.29) is 0 Å². The molecule has 1 aliphatic carbocycles. The SMILES string of the molecule is CC[NH+]1CC[NH+]([C@H]2CCC[C@H](C)C2)CC1. The number of hydrogen-bond donors (Lipinski definition) is 2. The molecule has 0 amide bonds. The zero-order valence-corrected chi connectivity index (χ0v) is 10.5. The van der Waals surface area contributed by atoms with Gasteiger partial charge in [-0.3, -0.25) is 0 Å². The third-order valence-corrected chi connectivity index (χ3v) is 4.61. The Kier molecular flexibility index (Phi) is 4.04. The zero-order chi connectivity index (χ0) is 10.7. The van der Waals surface area contributed by atoms with E-state index in [4.69, 9.17) is 0 Å². The fraction of sp³-hybridized carbons (Fsp3) is 1.00. The predicted octanol–water partition coefficient (Wildman–Crippen LogP) is -0.632. The molecule has 0 spiro atoms. The Hall–Kier alpha value is -0.0800. The second kappa shape index (κ2) is 5.31. The Balaban J connectivity index is 1.79. The minimum atomic E-state index is 0.993. The van der Waals surface area contributed by atoms with Crippen LogP contribution in [0.25, 0.3) is 0 Å². The molecule has 1 aliphatic heterocycles. The average Bonchev–Trinajstić information content (AvgIpc) is 2.29. The first-order valence-electron chi connectivity index (χ1n) is 6.97. The van der Waals surface area contributed by atoms with Crippen molar-refractivity contribution in [1.82, 2.24) is 0 Å². The van der Waals surface area contributed by atoms with Crippen LogP contribution < -0.4 is 9.80 Å². The molecule has 0 aromatic carbocycles. The van der Waals surface area contributed by atoms with Gasteiger partial charge in [-0.1, -0.05) is 13.3 Å². The number of nitrogens with one attached hydrogen (secondary N) is 2. The van der Waals surface area contributed by atoms with Gasteiger partial charge >= 0.3 is 0 Å². The van der Waals surface area contributed by atoms with Crippen molar-refractivity contribution in [3.8, 4) is 0 Å². The summed E-state index contributed by atoms with van der Waals surface area (Å²) in [5.41, 5.74) is 0. The summed E-state index contributed by atoms with van der Waals surface area (Å²) in [6.45, 7) is 11.8. The number of piperazine rings is 1. The Morgan fingerprint density at radius 2 is 1.80 bits per heavy atom. The van der Waals surface area contributed by atoms with Crippen molar-refractivity contribution in [3.05, 3.63) is 0 Å². The third-order valence-electron chi connectivity index (χ3n) is 4.61. The quantitative estimate of drug-likeness (QED) is 0.603.